The second kappa shape index (κ2) is 7.22. The first-order chi connectivity index (χ1) is 12.2. The van der Waals surface area contributed by atoms with E-state index in [2.05, 4.69) is 10.2 Å². The van der Waals surface area contributed by atoms with E-state index in [9.17, 15) is 4.79 Å². The van der Waals surface area contributed by atoms with Crippen molar-refractivity contribution in [2.24, 2.45) is 5.92 Å². The predicted octanol–water partition coefficient (Wildman–Crippen LogP) is 2.91. The fraction of sp³-hybridized carbons (Fsp3) is 0.588. The number of hydrogen-bond donors (Lipinski definition) is 1. The molecule has 1 aliphatic rings. The van der Waals surface area contributed by atoms with Crippen LogP contribution in [-0.2, 0) is 4.74 Å². The zero-order chi connectivity index (χ0) is 18.9. The fourth-order valence-electron chi connectivity index (χ4n) is 2.83. The molecule has 142 valence electrons. The maximum Gasteiger partial charge on any atom is 0.410 e. The number of amides is 1. The minimum atomic E-state index is -0.471. The van der Waals surface area contributed by atoms with Crippen molar-refractivity contribution in [2.45, 2.75) is 44.9 Å². The summed E-state index contributed by atoms with van der Waals surface area (Å²) in [7, 11) is 0. The molecule has 0 saturated carbocycles. The minimum absolute atomic E-state index is 0.246. The number of nitrogens with two attached hydrogens (primary N) is 1. The minimum Gasteiger partial charge on any atom is -0.469 e. The summed E-state index contributed by atoms with van der Waals surface area (Å²) in [4.78, 5) is 13.9. The zero-order valence-corrected chi connectivity index (χ0v) is 16.4. The van der Waals surface area contributed by atoms with Gasteiger partial charge in [-0.25, -0.2) is 9.47 Å². The lowest BCUT2D eigenvalue weighted by Crippen LogP contribution is -2.35. The monoisotopic (exact) mass is 379 g/mol. The van der Waals surface area contributed by atoms with Crippen LogP contribution in [0.5, 0.6) is 0 Å². The highest BCUT2D eigenvalue weighted by Crippen LogP contribution is 2.28. The van der Waals surface area contributed by atoms with Crippen LogP contribution >= 0.6 is 11.8 Å². The van der Waals surface area contributed by atoms with E-state index < -0.39 is 5.60 Å². The summed E-state index contributed by atoms with van der Waals surface area (Å²) in [6.45, 7) is 8.90. The van der Waals surface area contributed by atoms with Crippen molar-refractivity contribution in [1.29, 1.82) is 0 Å². The van der Waals surface area contributed by atoms with Crippen LogP contribution in [0.25, 0.3) is 11.4 Å². The summed E-state index contributed by atoms with van der Waals surface area (Å²) in [6, 6.07) is 1.83. The van der Waals surface area contributed by atoms with Crippen molar-refractivity contribution in [1.82, 2.24) is 19.8 Å². The summed E-state index contributed by atoms with van der Waals surface area (Å²) in [5, 5.41) is 9.00. The summed E-state index contributed by atoms with van der Waals surface area (Å²) >= 11 is 1.55. The third-order valence-corrected chi connectivity index (χ3v) is 5.32. The normalized spacial score (nSPS) is 17.7. The predicted molar refractivity (Wildman–Crippen MR) is 99.2 cm³/mol. The third-order valence-electron chi connectivity index (χ3n) is 4.15. The van der Waals surface area contributed by atoms with Crippen LogP contribution < -0.4 is 5.84 Å². The van der Waals surface area contributed by atoms with Gasteiger partial charge in [-0.2, -0.15) is 0 Å². The van der Waals surface area contributed by atoms with E-state index in [-0.39, 0.29) is 6.09 Å². The fourth-order valence-corrected chi connectivity index (χ4v) is 3.81. The van der Waals surface area contributed by atoms with Gasteiger partial charge in [0.2, 0.25) is 5.16 Å². The number of likely N-dealkylation sites (tertiary alicyclic amines) is 1. The molecule has 26 heavy (non-hydrogen) atoms. The lowest BCUT2D eigenvalue weighted by molar-refractivity contribution is 0.0289. The Hall–Kier alpha value is -2.16. The molecule has 2 N–H and O–H groups in total. The molecule has 1 aliphatic heterocycles. The molecule has 3 heterocycles. The Labute approximate surface area is 157 Å². The van der Waals surface area contributed by atoms with E-state index in [1.54, 1.807) is 22.9 Å². The molecule has 1 amide bonds. The Morgan fingerprint density at radius 2 is 2.23 bits per heavy atom. The first kappa shape index (κ1) is 18.6. The van der Waals surface area contributed by atoms with Crippen molar-refractivity contribution >= 4 is 17.9 Å². The van der Waals surface area contributed by atoms with E-state index in [0.717, 1.165) is 30.0 Å². The first-order valence-electron chi connectivity index (χ1n) is 8.60. The molecule has 3 rings (SSSR count). The maximum atomic E-state index is 12.1. The van der Waals surface area contributed by atoms with Crippen LogP contribution in [-0.4, -0.2) is 50.3 Å². The van der Waals surface area contributed by atoms with Gasteiger partial charge in [-0.3, -0.25) is 0 Å². The summed E-state index contributed by atoms with van der Waals surface area (Å²) in [6.07, 6.45) is 2.30. The molecule has 1 fully saturated rings. The molecule has 0 aromatic carbocycles. The van der Waals surface area contributed by atoms with Crippen LogP contribution in [0.4, 0.5) is 4.79 Å². The van der Waals surface area contributed by atoms with Gasteiger partial charge in [-0.05, 0) is 46.1 Å². The SMILES string of the molecule is Cc1occc1-c1nnc(SC[C@H]2CCN(C(=O)OC(C)(C)C)C2)n1N. The summed E-state index contributed by atoms with van der Waals surface area (Å²) < 4.78 is 12.2. The molecular formula is C17H25N5O3S. The topological polar surface area (TPSA) is 99.4 Å². The van der Waals surface area contributed by atoms with E-state index in [0.29, 0.717) is 23.4 Å². The lowest BCUT2D eigenvalue weighted by atomic mass is 10.2. The number of thioether (sulfide) groups is 1. The molecule has 1 atom stereocenters. The van der Waals surface area contributed by atoms with Gasteiger partial charge in [0.25, 0.3) is 0 Å². The van der Waals surface area contributed by atoms with Gasteiger partial charge in [-0.1, -0.05) is 11.8 Å². The molecule has 2 aromatic heterocycles. The molecule has 0 unspecified atom stereocenters. The second-order valence-electron chi connectivity index (χ2n) is 7.46. The molecule has 9 heteroatoms. The van der Waals surface area contributed by atoms with Gasteiger partial charge in [0.15, 0.2) is 5.82 Å². The Morgan fingerprint density at radius 3 is 2.88 bits per heavy atom. The van der Waals surface area contributed by atoms with Gasteiger partial charge >= 0.3 is 6.09 Å². The highest BCUT2D eigenvalue weighted by molar-refractivity contribution is 7.99. The molecule has 0 radical (unpaired) electrons. The van der Waals surface area contributed by atoms with Gasteiger partial charge < -0.3 is 19.9 Å². The molecule has 0 spiro atoms. The van der Waals surface area contributed by atoms with Crippen molar-refractivity contribution in [2.75, 3.05) is 24.7 Å². The van der Waals surface area contributed by atoms with Crippen molar-refractivity contribution in [3.8, 4) is 11.4 Å². The second-order valence-corrected chi connectivity index (χ2v) is 8.45. The number of aryl methyl sites for hydroxylation is 1. The third kappa shape index (κ3) is 4.14. The van der Waals surface area contributed by atoms with Gasteiger partial charge in [0, 0.05) is 18.8 Å². The number of hydrogen-bond acceptors (Lipinski definition) is 7. The van der Waals surface area contributed by atoms with E-state index >= 15 is 0 Å². The Bertz CT molecular complexity index is 780. The van der Waals surface area contributed by atoms with Crippen LogP contribution in [0, 0.1) is 12.8 Å². The average molecular weight is 379 g/mol. The summed E-state index contributed by atoms with van der Waals surface area (Å²) in [5.74, 6) is 8.67. The van der Waals surface area contributed by atoms with Crippen LogP contribution in [0.15, 0.2) is 21.9 Å². The number of nitrogens with zero attached hydrogens (tertiary/aromatic N) is 4. The number of rotatable bonds is 4. The van der Waals surface area contributed by atoms with Crippen molar-refractivity contribution < 1.29 is 13.9 Å². The van der Waals surface area contributed by atoms with Crippen molar-refractivity contribution in [3.63, 3.8) is 0 Å². The smallest absolute Gasteiger partial charge is 0.410 e. The average Bonchev–Trinajstić information content (AvgIpc) is 3.24. The largest absolute Gasteiger partial charge is 0.469 e. The van der Waals surface area contributed by atoms with E-state index in [4.69, 9.17) is 15.0 Å². The number of furan rings is 1. The molecule has 8 nitrogen and oxygen atoms in total. The van der Waals surface area contributed by atoms with Crippen LogP contribution in [0.1, 0.15) is 33.0 Å². The highest BCUT2D eigenvalue weighted by Gasteiger charge is 2.30. The molecular weight excluding hydrogens is 354 g/mol. The maximum absolute atomic E-state index is 12.1. The Morgan fingerprint density at radius 1 is 1.46 bits per heavy atom. The molecule has 0 aliphatic carbocycles. The van der Waals surface area contributed by atoms with Crippen LogP contribution in [0.2, 0.25) is 0 Å². The quantitative estimate of drug-likeness (QED) is 0.644. The van der Waals surface area contributed by atoms with E-state index in [1.807, 2.05) is 33.8 Å². The van der Waals surface area contributed by atoms with E-state index in [1.165, 1.54) is 4.68 Å². The zero-order valence-electron chi connectivity index (χ0n) is 15.6. The number of carbonyl (C=O) groups excluding carboxylic acids is 1. The molecule has 0 bridgehead atoms. The highest BCUT2D eigenvalue weighted by atomic mass is 32.2. The van der Waals surface area contributed by atoms with Gasteiger partial charge in [-0.15, -0.1) is 10.2 Å². The Kier molecular flexibility index (Phi) is 5.17. The van der Waals surface area contributed by atoms with Gasteiger partial charge in [0.05, 0.1) is 11.8 Å². The number of ether oxygens (including phenoxy) is 1. The van der Waals surface area contributed by atoms with Gasteiger partial charge in [0.1, 0.15) is 11.4 Å². The Balaban J connectivity index is 1.55. The number of carbonyl (C=O) groups is 1. The molecule has 1 saturated heterocycles. The number of aromatic nitrogens is 3. The van der Waals surface area contributed by atoms with Crippen molar-refractivity contribution in [3.05, 3.63) is 18.1 Å². The molecule has 2 aromatic rings. The first-order valence-corrected chi connectivity index (χ1v) is 9.59. The summed E-state index contributed by atoms with van der Waals surface area (Å²) in [5.41, 5.74) is 0.366. The number of nitrogen functional groups attached to an aromatic ring is 1. The standard InChI is InChI=1S/C17H25N5O3S/c1-11-13(6-8-24-11)14-19-20-15(22(14)18)26-10-12-5-7-21(9-12)16(23)25-17(2,3)4/h6,8,12H,5,7,9-10,18H2,1-4H3/t12-/m0/s1. The van der Waals surface area contributed by atoms with Crippen LogP contribution in [0.3, 0.4) is 0 Å². The lowest BCUT2D eigenvalue weighted by Gasteiger charge is -2.24.